The molecule has 2 rings (SSSR count). The normalized spacial score (nSPS) is 11.6. The zero-order chi connectivity index (χ0) is 17.5. The number of benzene rings is 1. The third-order valence-corrected chi connectivity index (χ3v) is 4.24. The number of thiazole rings is 1. The van der Waals surface area contributed by atoms with Gasteiger partial charge in [0.25, 0.3) is 0 Å². The third-order valence-electron chi connectivity index (χ3n) is 3.42. The molecule has 130 valence electrons. The van der Waals surface area contributed by atoms with Gasteiger partial charge >= 0.3 is 0 Å². The van der Waals surface area contributed by atoms with Crippen molar-refractivity contribution in [2.24, 2.45) is 4.99 Å². The van der Waals surface area contributed by atoms with Gasteiger partial charge in [-0.05, 0) is 31.9 Å². The molecule has 2 aromatic rings. The molecule has 0 amide bonds. The Balaban J connectivity index is 1.98. The van der Waals surface area contributed by atoms with Crippen LogP contribution in [0.4, 0.5) is 8.78 Å². The molecule has 1 N–H and O–H groups in total. The highest BCUT2D eigenvalue weighted by Gasteiger charge is 2.09. The van der Waals surface area contributed by atoms with Crippen molar-refractivity contribution in [3.05, 3.63) is 51.5 Å². The number of nitrogens with one attached hydrogen (secondary N) is 1. The van der Waals surface area contributed by atoms with Crippen LogP contribution in [0.1, 0.15) is 23.2 Å². The largest absolute Gasteiger partial charge is 0.357 e. The van der Waals surface area contributed by atoms with Gasteiger partial charge in [0.15, 0.2) is 5.96 Å². The summed E-state index contributed by atoms with van der Waals surface area (Å²) in [5.74, 6) is -0.349. The molecular formula is C17H22F2N4S. The van der Waals surface area contributed by atoms with Crippen molar-refractivity contribution in [2.75, 3.05) is 20.1 Å². The first-order chi connectivity index (χ1) is 11.5. The number of nitrogens with zero attached hydrogens (tertiary/aromatic N) is 3. The van der Waals surface area contributed by atoms with E-state index >= 15 is 0 Å². The number of aromatic nitrogens is 1. The molecule has 0 spiro atoms. The van der Waals surface area contributed by atoms with Gasteiger partial charge < -0.3 is 10.2 Å². The number of halogens is 2. The number of aliphatic imine (C=N–C) groups is 1. The van der Waals surface area contributed by atoms with Crippen LogP contribution in [0.2, 0.25) is 0 Å². The molecule has 0 unspecified atom stereocenters. The van der Waals surface area contributed by atoms with E-state index in [0.717, 1.165) is 29.3 Å². The zero-order valence-electron chi connectivity index (χ0n) is 14.1. The second-order valence-electron chi connectivity index (χ2n) is 5.44. The van der Waals surface area contributed by atoms with Crippen molar-refractivity contribution in [3.8, 4) is 0 Å². The monoisotopic (exact) mass is 352 g/mol. The van der Waals surface area contributed by atoms with Crippen LogP contribution in [0.3, 0.4) is 0 Å². The molecule has 0 fully saturated rings. The number of aryl methyl sites for hydroxylation is 1. The maximum atomic E-state index is 13.6. The van der Waals surface area contributed by atoms with Crippen molar-refractivity contribution in [2.45, 2.75) is 26.8 Å². The summed E-state index contributed by atoms with van der Waals surface area (Å²) < 4.78 is 26.6. The molecule has 0 saturated heterocycles. The summed E-state index contributed by atoms with van der Waals surface area (Å²) in [7, 11) is 1.94. The Morgan fingerprint density at radius 2 is 2.17 bits per heavy atom. The van der Waals surface area contributed by atoms with Gasteiger partial charge in [0.05, 0.1) is 17.2 Å². The van der Waals surface area contributed by atoms with Gasteiger partial charge in [-0.15, -0.1) is 11.3 Å². The van der Waals surface area contributed by atoms with E-state index in [0.29, 0.717) is 25.1 Å². The second kappa shape index (κ2) is 8.73. The predicted octanol–water partition coefficient (Wildman–Crippen LogP) is 3.37. The van der Waals surface area contributed by atoms with E-state index in [4.69, 9.17) is 0 Å². The van der Waals surface area contributed by atoms with Gasteiger partial charge in [-0.1, -0.05) is 6.07 Å². The topological polar surface area (TPSA) is 40.5 Å². The fourth-order valence-corrected chi connectivity index (χ4v) is 2.88. The van der Waals surface area contributed by atoms with Crippen molar-refractivity contribution in [1.29, 1.82) is 0 Å². The van der Waals surface area contributed by atoms with Gasteiger partial charge in [0.1, 0.15) is 11.6 Å². The maximum Gasteiger partial charge on any atom is 0.194 e. The van der Waals surface area contributed by atoms with Crippen LogP contribution in [-0.4, -0.2) is 36.0 Å². The lowest BCUT2D eigenvalue weighted by Crippen LogP contribution is -2.38. The molecule has 0 aliphatic rings. The van der Waals surface area contributed by atoms with Crippen LogP contribution in [-0.2, 0) is 13.0 Å². The number of guanidine groups is 1. The molecule has 0 bridgehead atoms. The molecule has 0 aliphatic carbocycles. The van der Waals surface area contributed by atoms with Crippen molar-refractivity contribution in [1.82, 2.24) is 15.2 Å². The summed E-state index contributed by atoms with van der Waals surface area (Å²) in [5.41, 5.74) is 1.46. The SMILES string of the molecule is CCNC(=NCCc1ccc(F)cc1F)N(C)Cc1csc(C)n1. The highest BCUT2D eigenvalue weighted by molar-refractivity contribution is 7.09. The van der Waals surface area contributed by atoms with Gasteiger partial charge in [-0.2, -0.15) is 0 Å². The van der Waals surface area contributed by atoms with E-state index in [9.17, 15) is 8.78 Å². The number of rotatable bonds is 6. The molecule has 7 heteroatoms. The van der Waals surface area contributed by atoms with Crippen LogP contribution in [0.5, 0.6) is 0 Å². The van der Waals surface area contributed by atoms with E-state index in [2.05, 4.69) is 15.3 Å². The molecule has 0 radical (unpaired) electrons. The van der Waals surface area contributed by atoms with Gasteiger partial charge in [-0.3, -0.25) is 4.99 Å². The standard InChI is InChI=1S/C17H22F2N4S/c1-4-20-17(23(3)10-15-11-24-12(2)22-15)21-8-7-13-5-6-14(18)9-16(13)19/h5-6,9,11H,4,7-8,10H2,1-3H3,(H,20,21). The van der Waals surface area contributed by atoms with Gasteiger partial charge in [0.2, 0.25) is 0 Å². The fourth-order valence-electron chi connectivity index (χ4n) is 2.28. The minimum atomic E-state index is -0.564. The third kappa shape index (κ3) is 5.26. The zero-order valence-corrected chi connectivity index (χ0v) is 15.0. The molecule has 24 heavy (non-hydrogen) atoms. The first kappa shape index (κ1) is 18.3. The minimum absolute atomic E-state index is 0.421. The Hall–Kier alpha value is -2.02. The van der Waals surface area contributed by atoms with E-state index < -0.39 is 11.6 Å². The molecule has 1 heterocycles. The summed E-state index contributed by atoms with van der Waals surface area (Å²) in [6, 6.07) is 3.64. The Morgan fingerprint density at radius 1 is 1.38 bits per heavy atom. The number of hydrogen-bond donors (Lipinski definition) is 1. The lowest BCUT2D eigenvalue weighted by atomic mass is 10.1. The van der Waals surface area contributed by atoms with Crippen LogP contribution in [0, 0.1) is 18.6 Å². The van der Waals surface area contributed by atoms with Gasteiger partial charge in [-0.25, -0.2) is 13.8 Å². The molecule has 0 saturated carbocycles. The number of hydrogen-bond acceptors (Lipinski definition) is 3. The maximum absolute atomic E-state index is 13.6. The highest BCUT2D eigenvalue weighted by atomic mass is 32.1. The van der Waals surface area contributed by atoms with E-state index in [1.165, 1.54) is 12.1 Å². The Kier molecular flexibility index (Phi) is 6.66. The van der Waals surface area contributed by atoms with Crippen molar-refractivity contribution < 1.29 is 8.78 Å². The summed E-state index contributed by atoms with van der Waals surface area (Å²) in [4.78, 5) is 11.0. The molecule has 1 aromatic carbocycles. The summed E-state index contributed by atoms with van der Waals surface area (Å²) in [6.45, 7) is 5.79. The lowest BCUT2D eigenvalue weighted by Gasteiger charge is -2.21. The second-order valence-corrected chi connectivity index (χ2v) is 6.50. The van der Waals surface area contributed by atoms with Crippen LogP contribution >= 0.6 is 11.3 Å². The van der Waals surface area contributed by atoms with Crippen LogP contribution in [0.15, 0.2) is 28.6 Å². The fraction of sp³-hybridized carbons (Fsp3) is 0.412. The van der Waals surface area contributed by atoms with E-state index in [1.807, 2.05) is 31.2 Å². The van der Waals surface area contributed by atoms with Crippen molar-refractivity contribution in [3.63, 3.8) is 0 Å². The van der Waals surface area contributed by atoms with Gasteiger partial charge in [0, 0.05) is 31.6 Å². The average molecular weight is 352 g/mol. The molecule has 4 nitrogen and oxygen atoms in total. The first-order valence-corrected chi connectivity index (χ1v) is 8.72. The minimum Gasteiger partial charge on any atom is -0.357 e. The van der Waals surface area contributed by atoms with Crippen LogP contribution in [0.25, 0.3) is 0 Å². The molecular weight excluding hydrogens is 330 g/mol. The Labute approximate surface area is 145 Å². The summed E-state index contributed by atoms with van der Waals surface area (Å²) in [5, 5.41) is 6.28. The summed E-state index contributed by atoms with van der Waals surface area (Å²) in [6.07, 6.45) is 0.421. The Bertz CT molecular complexity index is 700. The van der Waals surface area contributed by atoms with E-state index in [1.54, 1.807) is 11.3 Å². The predicted molar refractivity (Wildman–Crippen MR) is 94.4 cm³/mol. The van der Waals surface area contributed by atoms with Crippen LogP contribution < -0.4 is 5.32 Å². The smallest absolute Gasteiger partial charge is 0.194 e. The Morgan fingerprint density at radius 3 is 2.79 bits per heavy atom. The summed E-state index contributed by atoms with van der Waals surface area (Å²) >= 11 is 1.62. The molecule has 0 aliphatic heterocycles. The molecule has 1 aromatic heterocycles. The lowest BCUT2D eigenvalue weighted by molar-refractivity contribution is 0.471. The molecule has 0 atom stereocenters. The first-order valence-electron chi connectivity index (χ1n) is 7.84. The van der Waals surface area contributed by atoms with Crippen molar-refractivity contribution >= 4 is 17.3 Å². The highest BCUT2D eigenvalue weighted by Crippen LogP contribution is 2.11. The van der Waals surface area contributed by atoms with E-state index in [-0.39, 0.29) is 0 Å². The average Bonchev–Trinajstić information content (AvgIpc) is 2.93. The quantitative estimate of drug-likeness (QED) is 0.640.